The lowest BCUT2D eigenvalue weighted by molar-refractivity contribution is -0.161. The number of ether oxygens (including phenoxy) is 2. The van der Waals surface area contributed by atoms with Gasteiger partial charge in [-0.2, -0.15) is 0 Å². The largest absolute Gasteiger partial charge is 0.472 e. The zero-order valence-electron chi connectivity index (χ0n) is 31.6. The van der Waals surface area contributed by atoms with Crippen LogP contribution in [0.1, 0.15) is 174 Å². The number of carbonyl (C=O) groups is 2. The summed E-state index contributed by atoms with van der Waals surface area (Å²) in [5, 5.41) is 18.3. The molecule has 294 valence electrons. The van der Waals surface area contributed by atoms with Crippen LogP contribution in [0.25, 0.3) is 0 Å². The van der Waals surface area contributed by atoms with E-state index in [1.54, 1.807) is 0 Å². The fourth-order valence-corrected chi connectivity index (χ4v) is 5.99. The van der Waals surface area contributed by atoms with Gasteiger partial charge in [-0.15, -0.1) is 0 Å². The molecule has 0 aromatic rings. The van der Waals surface area contributed by atoms with Crippen LogP contribution in [-0.2, 0) is 32.7 Å². The Labute approximate surface area is 304 Å². The fourth-order valence-electron chi connectivity index (χ4n) is 5.20. The maximum atomic E-state index is 12.5. The molecule has 0 saturated carbocycles. The summed E-state index contributed by atoms with van der Waals surface area (Å²) in [7, 11) is -4.61. The highest BCUT2D eigenvalue weighted by Crippen LogP contribution is 2.43. The van der Waals surface area contributed by atoms with Gasteiger partial charge < -0.3 is 24.6 Å². The van der Waals surface area contributed by atoms with Crippen LogP contribution in [-0.4, -0.2) is 65.7 Å². The van der Waals surface area contributed by atoms with Gasteiger partial charge in [0.2, 0.25) is 0 Å². The molecule has 3 N–H and O–H groups in total. The molecule has 0 aliphatic rings. The molecule has 0 aliphatic heterocycles. The fraction of sp³-hybridized carbons (Fsp3) is 0.846. The van der Waals surface area contributed by atoms with E-state index in [2.05, 4.69) is 42.7 Å². The van der Waals surface area contributed by atoms with Gasteiger partial charge in [-0.3, -0.25) is 18.6 Å². The lowest BCUT2D eigenvalue weighted by Gasteiger charge is -2.20. The summed E-state index contributed by atoms with van der Waals surface area (Å²) in [6.45, 7) is 2.31. The quantitative estimate of drug-likeness (QED) is 0.0244. The van der Waals surface area contributed by atoms with Crippen molar-refractivity contribution in [1.82, 2.24) is 0 Å². The number of aliphatic hydroxyl groups excluding tert-OH is 2. The third kappa shape index (κ3) is 34.9. The number of phosphoric acid groups is 1. The van der Waals surface area contributed by atoms with Gasteiger partial charge in [-0.05, 0) is 57.8 Å². The number of unbranched alkanes of at least 4 members (excludes halogenated alkanes) is 19. The number of phosphoric ester groups is 1. The Morgan fingerprint density at radius 1 is 0.580 bits per heavy atom. The maximum Gasteiger partial charge on any atom is 0.472 e. The number of esters is 2. The van der Waals surface area contributed by atoms with E-state index in [9.17, 15) is 24.2 Å². The molecule has 50 heavy (non-hydrogen) atoms. The van der Waals surface area contributed by atoms with Crippen LogP contribution in [0.5, 0.6) is 0 Å². The van der Waals surface area contributed by atoms with Crippen molar-refractivity contribution in [3.05, 3.63) is 24.3 Å². The second-order valence-electron chi connectivity index (χ2n) is 13.3. The minimum Gasteiger partial charge on any atom is -0.462 e. The molecule has 0 amide bonds. The zero-order valence-corrected chi connectivity index (χ0v) is 32.5. The Morgan fingerprint density at radius 2 is 1.00 bits per heavy atom. The normalized spacial score (nSPS) is 14.3. The standard InChI is InChI=1S/C39H73O10P/c1-3-5-7-9-11-13-15-17-18-19-21-22-24-26-28-30-38(42)46-34-37(35-48-50(44,45)47-33-36(41)32-40)49-39(43)31-29-27-25-23-20-16-14-12-10-8-6-4-2/h9,11-12,14,36-37,40-41H,3-8,10,13,15-35H2,1-2H3,(H,44,45)/b11-9+,14-12+/t36-,37+/m0/s1. The predicted molar refractivity (Wildman–Crippen MR) is 201 cm³/mol. The smallest absolute Gasteiger partial charge is 0.462 e. The Hall–Kier alpha value is -1.55. The molecular weight excluding hydrogens is 659 g/mol. The van der Waals surface area contributed by atoms with Crippen molar-refractivity contribution in [2.24, 2.45) is 0 Å². The van der Waals surface area contributed by atoms with Crippen LogP contribution in [0.4, 0.5) is 0 Å². The number of aliphatic hydroxyl groups is 2. The molecule has 0 fully saturated rings. The van der Waals surface area contributed by atoms with Crippen LogP contribution in [0, 0.1) is 0 Å². The van der Waals surface area contributed by atoms with Crippen molar-refractivity contribution >= 4 is 19.8 Å². The summed E-state index contributed by atoms with van der Waals surface area (Å²) in [6, 6.07) is 0. The highest BCUT2D eigenvalue weighted by Gasteiger charge is 2.27. The summed E-state index contributed by atoms with van der Waals surface area (Å²) in [5.41, 5.74) is 0. The van der Waals surface area contributed by atoms with E-state index < -0.39 is 51.8 Å². The van der Waals surface area contributed by atoms with E-state index in [0.717, 1.165) is 57.8 Å². The number of rotatable bonds is 37. The van der Waals surface area contributed by atoms with E-state index >= 15 is 0 Å². The lowest BCUT2D eigenvalue weighted by Crippen LogP contribution is -2.29. The van der Waals surface area contributed by atoms with Gasteiger partial charge in [0.15, 0.2) is 6.10 Å². The second-order valence-corrected chi connectivity index (χ2v) is 14.8. The van der Waals surface area contributed by atoms with Gasteiger partial charge in [0.1, 0.15) is 12.7 Å². The summed E-state index contributed by atoms with van der Waals surface area (Å²) in [5.74, 6) is -0.937. The molecule has 3 atom stereocenters. The highest BCUT2D eigenvalue weighted by molar-refractivity contribution is 7.47. The first-order valence-electron chi connectivity index (χ1n) is 19.8. The average molecular weight is 733 g/mol. The Bertz CT molecular complexity index is 894. The molecule has 0 saturated heterocycles. The molecule has 0 aliphatic carbocycles. The first-order chi connectivity index (χ1) is 24.2. The van der Waals surface area contributed by atoms with Gasteiger partial charge in [0, 0.05) is 12.8 Å². The van der Waals surface area contributed by atoms with Gasteiger partial charge in [-0.1, -0.05) is 128 Å². The molecule has 10 nitrogen and oxygen atoms in total. The summed E-state index contributed by atoms with van der Waals surface area (Å²) in [6.07, 6.45) is 32.9. The molecule has 0 spiro atoms. The topological polar surface area (TPSA) is 149 Å². The lowest BCUT2D eigenvalue weighted by atomic mass is 10.1. The number of hydrogen-bond acceptors (Lipinski definition) is 9. The van der Waals surface area contributed by atoms with Crippen LogP contribution in [0.15, 0.2) is 24.3 Å². The molecule has 1 unspecified atom stereocenters. The molecule has 0 bridgehead atoms. The minimum atomic E-state index is -4.61. The van der Waals surface area contributed by atoms with Crippen LogP contribution >= 0.6 is 7.82 Å². The average Bonchev–Trinajstić information content (AvgIpc) is 3.10. The van der Waals surface area contributed by atoms with Gasteiger partial charge in [0.25, 0.3) is 0 Å². The summed E-state index contributed by atoms with van der Waals surface area (Å²) >= 11 is 0. The summed E-state index contributed by atoms with van der Waals surface area (Å²) in [4.78, 5) is 34.8. The summed E-state index contributed by atoms with van der Waals surface area (Å²) < 4.78 is 32.6. The minimum absolute atomic E-state index is 0.175. The van der Waals surface area contributed by atoms with E-state index in [1.807, 2.05) is 0 Å². The third-order valence-electron chi connectivity index (χ3n) is 8.33. The number of allylic oxidation sites excluding steroid dienone is 4. The maximum absolute atomic E-state index is 12.5. The molecule has 0 aromatic heterocycles. The van der Waals surface area contributed by atoms with Crippen molar-refractivity contribution in [3.63, 3.8) is 0 Å². The van der Waals surface area contributed by atoms with E-state index in [-0.39, 0.29) is 19.4 Å². The van der Waals surface area contributed by atoms with Crippen molar-refractivity contribution in [3.8, 4) is 0 Å². The van der Waals surface area contributed by atoms with Gasteiger partial charge in [-0.25, -0.2) is 4.57 Å². The van der Waals surface area contributed by atoms with E-state index in [4.69, 9.17) is 19.1 Å². The molecule has 0 aromatic carbocycles. The Kier molecular flexibility index (Phi) is 34.7. The zero-order chi connectivity index (χ0) is 37.0. The SMILES string of the molecule is CCCC/C=C/CCCCCCCCCCCC(=O)OC[C@H](COP(=O)(O)OC[C@@H](O)CO)OC(=O)CCCCCCC/C=C/CCCCC. The van der Waals surface area contributed by atoms with Crippen LogP contribution in [0.2, 0.25) is 0 Å². The van der Waals surface area contributed by atoms with Gasteiger partial charge in [0.05, 0.1) is 19.8 Å². The first kappa shape index (κ1) is 48.5. The molecule has 0 rings (SSSR count). The van der Waals surface area contributed by atoms with E-state index in [0.29, 0.717) is 12.8 Å². The number of carbonyl (C=O) groups excluding carboxylic acids is 2. The molecule has 11 heteroatoms. The monoisotopic (exact) mass is 732 g/mol. The van der Waals surface area contributed by atoms with Crippen molar-refractivity contribution in [2.45, 2.75) is 187 Å². The molecular formula is C39H73O10P. The Balaban J connectivity index is 4.34. The van der Waals surface area contributed by atoms with Gasteiger partial charge >= 0.3 is 19.8 Å². The second kappa shape index (κ2) is 35.8. The Morgan fingerprint density at radius 3 is 1.50 bits per heavy atom. The highest BCUT2D eigenvalue weighted by atomic mass is 31.2. The van der Waals surface area contributed by atoms with E-state index in [1.165, 1.54) is 77.0 Å². The third-order valence-corrected chi connectivity index (χ3v) is 9.28. The molecule has 0 radical (unpaired) electrons. The van der Waals surface area contributed by atoms with Crippen LogP contribution < -0.4 is 0 Å². The van der Waals surface area contributed by atoms with Crippen molar-refractivity contribution < 1.29 is 47.8 Å². The van der Waals surface area contributed by atoms with Crippen molar-refractivity contribution in [1.29, 1.82) is 0 Å². The number of hydrogen-bond donors (Lipinski definition) is 3. The predicted octanol–water partition coefficient (Wildman–Crippen LogP) is 9.83. The van der Waals surface area contributed by atoms with Crippen LogP contribution in [0.3, 0.4) is 0 Å². The first-order valence-corrected chi connectivity index (χ1v) is 21.3. The van der Waals surface area contributed by atoms with Crippen molar-refractivity contribution in [2.75, 3.05) is 26.4 Å². The molecule has 0 heterocycles.